The number of benzene rings is 1. The first kappa shape index (κ1) is 16.5. The highest BCUT2D eigenvalue weighted by Crippen LogP contribution is 2.10. The first-order valence-corrected chi connectivity index (χ1v) is 7.60. The minimum Gasteiger partial charge on any atom is -0.379 e. The summed E-state index contributed by atoms with van der Waals surface area (Å²) in [7, 11) is 0. The average molecular weight is 305 g/mol. The van der Waals surface area contributed by atoms with Crippen molar-refractivity contribution in [2.75, 3.05) is 39.4 Å². The number of rotatable bonds is 5. The van der Waals surface area contributed by atoms with Crippen molar-refractivity contribution in [1.82, 2.24) is 15.5 Å². The normalized spacial score (nSPS) is 16.8. The van der Waals surface area contributed by atoms with E-state index in [1.807, 2.05) is 37.3 Å². The molecule has 120 valence electrons. The Hall–Kier alpha value is -1.92. The number of ether oxygens (including phenoxy) is 1. The number of nitrogens with zero attached hydrogens (tertiary/aromatic N) is 1. The Bertz CT molecular complexity index is 487. The number of carbonyl (C=O) groups excluding carboxylic acids is 2. The van der Waals surface area contributed by atoms with Crippen molar-refractivity contribution in [3.63, 3.8) is 0 Å². The maximum Gasteiger partial charge on any atom is 0.309 e. The molecule has 0 aromatic heterocycles. The standard InChI is InChI=1S/C16H23N3O3/c1-13(14-5-3-2-4-6-14)18-16(21)15(20)17-7-8-19-9-11-22-12-10-19/h2-6,13H,7-12H2,1H3,(H,17,20)(H,18,21). The van der Waals surface area contributed by atoms with Crippen molar-refractivity contribution in [2.24, 2.45) is 0 Å². The van der Waals surface area contributed by atoms with E-state index in [1.165, 1.54) is 0 Å². The third kappa shape index (κ3) is 5.13. The molecule has 1 fully saturated rings. The molecule has 0 bridgehead atoms. The molecule has 1 aliphatic rings. The fourth-order valence-electron chi connectivity index (χ4n) is 2.32. The molecule has 1 heterocycles. The molecule has 0 radical (unpaired) electrons. The lowest BCUT2D eigenvalue weighted by atomic mass is 10.1. The van der Waals surface area contributed by atoms with Crippen LogP contribution in [0.2, 0.25) is 0 Å². The van der Waals surface area contributed by atoms with Gasteiger partial charge in [-0.25, -0.2) is 0 Å². The molecule has 1 atom stereocenters. The molecule has 1 aliphatic heterocycles. The molecule has 22 heavy (non-hydrogen) atoms. The number of hydrogen-bond acceptors (Lipinski definition) is 4. The summed E-state index contributed by atoms with van der Waals surface area (Å²) in [4.78, 5) is 25.8. The minimum atomic E-state index is -0.599. The monoisotopic (exact) mass is 305 g/mol. The van der Waals surface area contributed by atoms with Gasteiger partial charge in [0.25, 0.3) is 0 Å². The molecule has 1 unspecified atom stereocenters. The van der Waals surface area contributed by atoms with Crippen molar-refractivity contribution in [2.45, 2.75) is 13.0 Å². The van der Waals surface area contributed by atoms with E-state index in [2.05, 4.69) is 15.5 Å². The fraction of sp³-hybridized carbons (Fsp3) is 0.500. The van der Waals surface area contributed by atoms with Crippen molar-refractivity contribution in [1.29, 1.82) is 0 Å². The van der Waals surface area contributed by atoms with Crippen molar-refractivity contribution in [3.8, 4) is 0 Å². The quantitative estimate of drug-likeness (QED) is 0.768. The van der Waals surface area contributed by atoms with Gasteiger partial charge in [0.1, 0.15) is 0 Å². The predicted octanol–water partition coefficient (Wildman–Crippen LogP) is 0.312. The predicted molar refractivity (Wildman–Crippen MR) is 83.3 cm³/mol. The van der Waals surface area contributed by atoms with Crippen LogP contribution in [-0.2, 0) is 14.3 Å². The zero-order chi connectivity index (χ0) is 15.8. The van der Waals surface area contributed by atoms with Gasteiger partial charge in [-0.3, -0.25) is 14.5 Å². The lowest BCUT2D eigenvalue weighted by Crippen LogP contribution is -2.45. The van der Waals surface area contributed by atoms with Crippen LogP contribution in [0.1, 0.15) is 18.5 Å². The van der Waals surface area contributed by atoms with E-state index >= 15 is 0 Å². The van der Waals surface area contributed by atoms with Crippen molar-refractivity contribution < 1.29 is 14.3 Å². The molecule has 1 aromatic carbocycles. The van der Waals surface area contributed by atoms with Gasteiger partial charge in [-0.2, -0.15) is 0 Å². The summed E-state index contributed by atoms with van der Waals surface area (Å²) >= 11 is 0. The Kier molecular flexibility index (Phi) is 6.36. The minimum absolute atomic E-state index is 0.196. The molecule has 2 amide bonds. The first-order chi connectivity index (χ1) is 10.7. The molecule has 2 rings (SSSR count). The highest BCUT2D eigenvalue weighted by atomic mass is 16.5. The van der Waals surface area contributed by atoms with E-state index in [9.17, 15) is 9.59 Å². The Morgan fingerprint density at radius 1 is 1.18 bits per heavy atom. The van der Waals surface area contributed by atoms with E-state index in [4.69, 9.17) is 4.74 Å². The molecular weight excluding hydrogens is 282 g/mol. The van der Waals surface area contributed by atoms with Gasteiger partial charge in [0.2, 0.25) is 0 Å². The zero-order valence-electron chi connectivity index (χ0n) is 12.9. The lowest BCUT2D eigenvalue weighted by molar-refractivity contribution is -0.139. The number of carbonyl (C=O) groups is 2. The van der Waals surface area contributed by atoms with E-state index in [1.54, 1.807) is 0 Å². The SMILES string of the molecule is CC(NC(=O)C(=O)NCCN1CCOCC1)c1ccccc1. The van der Waals surface area contributed by atoms with Gasteiger partial charge in [0.05, 0.1) is 19.3 Å². The molecule has 6 heteroatoms. The topological polar surface area (TPSA) is 70.7 Å². The second kappa shape index (κ2) is 8.51. The van der Waals surface area contributed by atoms with E-state index in [0.29, 0.717) is 6.54 Å². The second-order valence-electron chi connectivity index (χ2n) is 5.32. The van der Waals surface area contributed by atoms with E-state index < -0.39 is 11.8 Å². The van der Waals surface area contributed by atoms with Crippen LogP contribution in [0, 0.1) is 0 Å². The molecule has 2 N–H and O–H groups in total. The second-order valence-corrected chi connectivity index (χ2v) is 5.32. The van der Waals surface area contributed by atoms with Gasteiger partial charge >= 0.3 is 11.8 Å². The summed E-state index contributed by atoms with van der Waals surface area (Å²) in [5.41, 5.74) is 0.969. The van der Waals surface area contributed by atoms with Gasteiger partial charge in [-0.15, -0.1) is 0 Å². The molecule has 1 saturated heterocycles. The zero-order valence-corrected chi connectivity index (χ0v) is 12.9. The number of hydrogen-bond donors (Lipinski definition) is 2. The Morgan fingerprint density at radius 3 is 2.55 bits per heavy atom. The Balaban J connectivity index is 1.69. The van der Waals surface area contributed by atoms with Gasteiger partial charge < -0.3 is 15.4 Å². The highest BCUT2D eigenvalue weighted by Gasteiger charge is 2.17. The van der Waals surface area contributed by atoms with Gasteiger partial charge in [-0.1, -0.05) is 30.3 Å². The summed E-state index contributed by atoms with van der Waals surface area (Å²) in [6.45, 7) is 6.24. The molecular formula is C16H23N3O3. The van der Waals surface area contributed by atoms with Gasteiger partial charge in [0.15, 0.2) is 0 Å². The summed E-state index contributed by atoms with van der Waals surface area (Å²) < 4.78 is 5.26. The van der Waals surface area contributed by atoms with Crippen LogP contribution in [-0.4, -0.2) is 56.1 Å². The van der Waals surface area contributed by atoms with Crippen LogP contribution < -0.4 is 10.6 Å². The van der Waals surface area contributed by atoms with Crippen LogP contribution in [0.4, 0.5) is 0 Å². The Morgan fingerprint density at radius 2 is 1.86 bits per heavy atom. The number of amides is 2. The summed E-state index contributed by atoms with van der Waals surface area (Å²) in [6, 6.07) is 9.36. The maximum absolute atomic E-state index is 11.9. The van der Waals surface area contributed by atoms with Crippen LogP contribution in [0.25, 0.3) is 0 Å². The smallest absolute Gasteiger partial charge is 0.309 e. The summed E-state index contributed by atoms with van der Waals surface area (Å²) in [6.07, 6.45) is 0. The van der Waals surface area contributed by atoms with E-state index in [0.717, 1.165) is 38.4 Å². The van der Waals surface area contributed by atoms with Crippen LogP contribution in [0.5, 0.6) is 0 Å². The summed E-state index contributed by atoms with van der Waals surface area (Å²) in [5.74, 6) is -1.19. The third-order valence-electron chi connectivity index (χ3n) is 3.67. The third-order valence-corrected chi connectivity index (χ3v) is 3.67. The molecule has 1 aromatic rings. The van der Waals surface area contributed by atoms with Crippen LogP contribution >= 0.6 is 0 Å². The Labute approximate surface area is 130 Å². The van der Waals surface area contributed by atoms with Crippen molar-refractivity contribution in [3.05, 3.63) is 35.9 Å². The molecule has 0 spiro atoms. The van der Waals surface area contributed by atoms with Gasteiger partial charge in [0, 0.05) is 26.2 Å². The summed E-state index contributed by atoms with van der Waals surface area (Å²) in [5, 5.41) is 5.35. The molecule has 0 saturated carbocycles. The van der Waals surface area contributed by atoms with E-state index in [-0.39, 0.29) is 6.04 Å². The van der Waals surface area contributed by atoms with Crippen LogP contribution in [0.15, 0.2) is 30.3 Å². The largest absolute Gasteiger partial charge is 0.379 e. The first-order valence-electron chi connectivity index (χ1n) is 7.60. The molecule has 0 aliphatic carbocycles. The average Bonchev–Trinajstić information content (AvgIpc) is 2.56. The fourth-order valence-corrected chi connectivity index (χ4v) is 2.32. The highest BCUT2D eigenvalue weighted by molar-refractivity contribution is 6.35. The number of morpholine rings is 1. The lowest BCUT2D eigenvalue weighted by Gasteiger charge is -2.26. The van der Waals surface area contributed by atoms with Crippen LogP contribution in [0.3, 0.4) is 0 Å². The number of nitrogens with one attached hydrogen (secondary N) is 2. The van der Waals surface area contributed by atoms with Crippen molar-refractivity contribution >= 4 is 11.8 Å². The van der Waals surface area contributed by atoms with Gasteiger partial charge in [-0.05, 0) is 12.5 Å². The maximum atomic E-state index is 11.9. The molecule has 6 nitrogen and oxygen atoms in total.